The lowest BCUT2D eigenvalue weighted by Gasteiger charge is -2.09. The first-order valence-electron chi connectivity index (χ1n) is 5.64. The number of nitrogens with one attached hydrogen (secondary N) is 2. The van der Waals surface area contributed by atoms with Gasteiger partial charge in [-0.3, -0.25) is 10.7 Å². The van der Waals surface area contributed by atoms with E-state index in [1.807, 2.05) is 0 Å². The summed E-state index contributed by atoms with van der Waals surface area (Å²) in [6, 6.07) is -0.876. The maximum Gasteiger partial charge on any atom is 0.328 e. The van der Waals surface area contributed by atoms with E-state index in [4.69, 9.17) is 22.0 Å². The van der Waals surface area contributed by atoms with Crippen LogP contribution in [0.15, 0.2) is 4.99 Å². The molecule has 0 saturated heterocycles. The van der Waals surface area contributed by atoms with Gasteiger partial charge in [0.2, 0.25) is 0 Å². The van der Waals surface area contributed by atoms with E-state index < -0.39 is 12.0 Å². The Bertz CT molecular complexity index is 290. The van der Waals surface area contributed by atoms with Crippen LogP contribution >= 0.6 is 0 Å². The number of hydrogen-bond acceptors (Lipinski definition) is 3. The lowest BCUT2D eigenvalue weighted by atomic mass is 10.1. The smallest absolute Gasteiger partial charge is 0.328 e. The van der Waals surface area contributed by atoms with Gasteiger partial charge in [0.05, 0.1) is 0 Å². The van der Waals surface area contributed by atoms with Crippen LogP contribution < -0.4 is 16.8 Å². The molecule has 0 aromatic rings. The molecule has 7 heteroatoms. The van der Waals surface area contributed by atoms with Gasteiger partial charge in [0.15, 0.2) is 18.0 Å². The molecule has 0 heterocycles. The average Bonchev–Trinajstić information content (AvgIpc) is 2.21. The number of carboxylic acid groups (broad SMARTS) is 1. The summed E-state index contributed by atoms with van der Waals surface area (Å²) < 4.78 is 0. The van der Waals surface area contributed by atoms with Gasteiger partial charge in [-0.25, -0.2) is 9.79 Å². The van der Waals surface area contributed by atoms with Gasteiger partial charge >= 0.3 is 5.97 Å². The van der Waals surface area contributed by atoms with Crippen molar-refractivity contribution < 1.29 is 9.90 Å². The number of rotatable bonds is 7. The van der Waals surface area contributed by atoms with Crippen molar-refractivity contribution >= 4 is 17.9 Å². The van der Waals surface area contributed by atoms with Crippen LogP contribution in [0.1, 0.15) is 39.0 Å². The van der Waals surface area contributed by atoms with E-state index >= 15 is 0 Å². The molecule has 0 aliphatic rings. The monoisotopic (exact) mass is 243 g/mol. The summed E-state index contributed by atoms with van der Waals surface area (Å²) in [4.78, 5) is 14.7. The molecular formula is C10H21N5O2. The third kappa shape index (κ3) is 8.06. The third-order valence-electron chi connectivity index (χ3n) is 2.17. The SMILES string of the molecule is CCCCCCC(N=C(N)NC(=N)N)C(=O)O. The van der Waals surface area contributed by atoms with Gasteiger partial charge in [-0.2, -0.15) is 0 Å². The third-order valence-corrected chi connectivity index (χ3v) is 2.17. The van der Waals surface area contributed by atoms with Crippen molar-refractivity contribution in [3.05, 3.63) is 0 Å². The minimum atomic E-state index is -1.02. The van der Waals surface area contributed by atoms with Gasteiger partial charge in [0, 0.05) is 0 Å². The van der Waals surface area contributed by atoms with Crippen LogP contribution in [-0.2, 0) is 4.79 Å². The number of guanidine groups is 2. The second kappa shape index (κ2) is 8.37. The van der Waals surface area contributed by atoms with E-state index in [0.717, 1.165) is 25.7 Å². The minimum absolute atomic E-state index is 0.139. The van der Waals surface area contributed by atoms with Crippen LogP contribution in [-0.4, -0.2) is 29.0 Å². The Labute approximate surface area is 101 Å². The molecule has 0 rings (SSSR count). The molecule has 1 atom stereocenters. The molecule has 0 spiro atoms. The Hall–Kier alpha value is -1.79. The Morgan fingerprint density at radius 3 is 2.53 bits per heavy atom. The van der Waals surface area contributed by atoms with E-state index in [-0.39, 0.29) is 11.9 Å². The fourth-order valence-electron chi connectivity index (χ4n) is 1.35. The normalized spacial score (nSPS) is 13.1. The lowest BCUT2D eigenvalue weighted by Crippen LogP contribution is -2.42. The molecule has 0 aromatic heterocycles. The average molecular weight is 243 g/mol. The van der Waals surface area contributed by atoms with Gasteiger partial charge in [0.25, 0.3) is 0 Å². The Kier molecular flexibility index (Phi) is 7.49. The fraction of sp³-hybridized carbons (Fsp3) is 0.700. The van der Waals surface area contributed by atoms with Crippen molar-refractivity contribution in [2.24, 2.45) is 16.5 Å². The van der Waals surface area contributed by atoms with Gasteiger partial charge in [-0.1, -0.05) is 32.6 Å². The van der Waals surface area contributed by atoms with E-state index in [1.54, 1.807) is 0 Å². The van der Waals surface area contributed by atoms with E-state index in [1.165, 1.54) is 0 Å². The fourth-order valence-corrected chi connectivity index (χ4v) is 1.35. The number of aliphatic imine (C=N–C) groups is 1. The zero-order valence-electron chi connectivity index (χ0n) is 10.1. The van der Waals surface area contributed by atoms with Crippen molar-refractivity contribution in [1.29, 1.82) is 5.41 Å². The summed E-state index contributed by atoms with van der Waals surface area (Å²) in [7, 11) is 0. The number of carbonyl (C=O) groups is 1. The first-order chi connectivity index (χ1) is 7.97. The highest BCUT2D eigenvalue weighted by molar-refractivity contribution is 5.96. The zero-order valence-corrected chi connectivity index (χ0v) is 10.1. The molecule has 0 aliphatic heterocycles. The molecule has 1 unspecified atom stereocenters. The van der Waals surface area contributed by atoms with Crippen LogP contribution in [0, 0.1) is 5.41 Å². The quantitative estimate of drug-likeness (QED) is 0.247. The number of carboxylic acids is 1. The molecule has 0 amide bonds. The van der Waals surface area contributed by atoms with Crippen molar-refractivity contribution in [1.82, 2.24) is 5.32 Å². The Balaban J connectivity index is 4.23. The van der Waals surface area contributed by atoms with Crippen LogP contribution in [0.4, 0.5) is 0 Å². The molecule has 0 radical (unpaired) electrons. The highest BCUT2D eigenvalue weighted by atomic mass is 16.4. The predicted molar refractivity (Wildman–Crippen MR) is 66.9 cm³/mol. The maximum absolute atomic E-state index is 10.9. The molecule has 0 saturated carbocycles. The highest BCUT2D eigenvalue weighted by Crippen LogP contribution is 2.08. The molecule has 98 valence electrons. The van der Waals surface area contributed by atoms with Crippen molar-refractivity contribution in [3.8, 4) is 0 Å². The summed E-state index contributed by atoms with van der Waals surface area (Å²) in [5.74, 6) is -1.52. The molecule has 0 aliphatic carbocycles. The van der Waals surface area contributed by atoms with Gasteiger partial charge in [-0.15, -0.1) is 0 Å². The van der Waals surface area contributed by atoms with Crippen LogP contribution in [0.25, 0.3) is 0 Å². The zero-order chi connectivity index (χ0) is 13.3. The first-order valence-corrected chi connectivity index (χ1v) is 5.64. The van der Waals surface area contributed by atoms with Crippen molar-refractivity contribution in [2.45, 2.75) is 45.1 Å². The minimum Gasteiger partial charge on any atom is -0.480 e. The lowest BCUT2D eigenvalue weighted by molar-refractivity contribution is -0.138. The summed E-state index contributed by atoms with van der Waals surface area (Å²) in [5.41, 5.74) is 10.4. The predicted octanol–water partition coefficient (Wildman–Crippen LogP) is 0.208. The maximum atomic E-state index is 10.9. The van der Waals surface area contributed by atoms with Crippen LogP contribution in [0.2, 0.25) is 0 Å². The number of aliphatic carboxylic acids is 1. The van der Waals surface area contributed by atoms with E-state index in [9.17, 15) is 4.79 Å². The molecule has 0 aromatic carbocycles. The second-order valence-electron chi connectivity index (χ2n) is 3.76. The van der Waals surface area contributed by atoms with Crippen molar-refractivity contribution in [2.75, 3.05) is 0 Å². The Morgan fingerprint density at radius 2 is 2.06 bits per heavy atom. The van der Waals surface area contributed by atoms with Gasteiger partial charge < -0.3 is 16.6 Å². The summed E-state index contributed by atoms with van der Waals surface area (Å²) >= 11 is 0. The molecule has 0 fully saturated rings. The van der Waals surface area contributed by atoms with Crippen LogP contribution in [0.5, 0.6) is 0 Å². The summed E-state index contributed by atoms with van der Waals surface area (Å²) in [6.07, 6.45) is 4.39. The topological polar surface area (TPSA) is 138 Å². The number of unbranched alkanes of at least 4 members (excludes halogenated alkanes) is 3. The van der Waals surface area contributed by atoms with E-state index in [2.05, 4.69) is 17.2 Å². The van der Waals surface area contributed by atoms with E-state index in [0.29, 0.717) is 6.42 Å². The number of nitrogens with zero attached hydrogens (tertiary/aromatic N) is 1. The summed E-state index contributed by atoms with van der Waals surface area (Å²) in [5, 5.41) is 18.1. The standard InChI is InChI=1S/C10H21N5O2/c1-2-3-4-5-6-7(8(16)17)14-10(13)15-9(11)12/h7H,2-6H2,1H3,(H,16,17)(H6,11,12,13,14,15). The molecule has 0 bridgehead atoms. The molecule has 7 nitrogen and oxygen atoms in total. The number of nitrogens with two attached hydrogens (primary N) is 2. The molecular weight excluding hydrogens is 222 g/mol. The largest absolute Gasteiger partial charge is 0.480 e. The van der Waals surface area contributed by atoms with Gasteiger partial charge in [0.1, 0.15) is 0 Å². The van der Waals surface area contributed by atoms with Gasteiger partial charge in [-0.05, 0) is 6.42 Å². The van der Waals surface area contributed by atoms with Crippen LogP contribution in [0.3, 0.4) is 0 Å². The molecule has 17 heavy (non-hydrogen) atoms. The second-order valence-corrected chi connectivity index (χ2v) is 3.76. The molecule has 7 N–H and O–H groups in total. The highest BCUT2D eigenvalue weighted by Gasteiger charge is 2.16. The first kappa shape index (κ1) is 15.2. The number of hydrogen-bond donors (Lipinski definition) is 5. The summed E-state index contributed by atoms with van der Waals surface area (Å²) in [6.45, 7) is 2.08. The van der Waals surface area contributed by atoms with Crippen molar-refractivity contribution in [3.63, 3.8) is 0 Å². The Morgan fingerprint density at radius 1 is 1.41 bits per heavy atom.